The van der Waals surface area contributed by atoms with E-state index in [0.717, 1.165) is 36.9 Å². The van der Waals surface area contributed by atoms with E-state index in [1.165, 1.54) is 18.6 Å². The largest absolute Gasteiger partial charge is 0.385 e. The van der Waals surface area contributed by atoms with E-state index in [1.807, 2.05) is 30.2 Å². The summed E-state index contributed by atoms with van der Waals surface area (Å²) in [6.07, 6.45) is 8.04. The highest BCUT2D eigenvalue weighted by molar-refractivity contribution is 5.84. The van der Waals surface area contributed by atoms with Gasteiger partial charge in [-0.25, -0.2) is 9.18 Å². The molecule has 0 unspecified atom stereocenters. The Morgan fingerprint density at radius 1 is 1.14 bits per heavy atom. The molecule has 1 aromatic carbocycles. The normalized spacial score (nSPS) is 14.0. The Kier molecular flexibility index (Phi) is 10.6. The van der Waals surface area contributed by atoms with Crippen LogP contribution in [0.1, 0.15) is 56.7 Å². The number of benzene rings is 1. The summed E-state index contributed by atoms with van der Waals surface area (Å²) in [7, 11) is 1.63. The predicted molar refractivity (Wildman–Crippen MR) is 134 cm³/mol. The van der Waals surface area contributed by atoms with Crippen LogP contribution in [-0.2, 0) is 22.6 Å². The molecule has 0 spiro atoms. The third-order valence-electron chi connectivity index (χ3n) is 6.58. The number of halogens is 1. The van der Waals surface area contributed by atoms with Crippen molar-refractivity contribution in [2.45, 2.75) is 64.6 Å². The summed E-state index contributed by atoms with van der Waals surface area (Å²) in [5.74, 6) is -0.284. The summed E-state index contributed by atoms with van der Waals surface area (Å²) in [6, 6.07) is 10.5. The summed E-state index contributed by atoms with van der Waals surface area (Å²) in [6.45, 7) is 4.52. The molecule has 1 aliphatic rings. The lowest BCUT2D eigenvalue weighted by Gasteiger charge is -2.36. The number of amides is 3. The second-order valence-electron chi connectivity index (χ2n) is 9.17. The van der Waals surface area contributed by atoms with Gasteiger partial charge in [-0.05, 0) is 56.0 Å². The van der Waals surface area contributed by atoms with Gasteiger partial charge < -0.3 is 24.4 Å². The van der Waals surface area contributed by atoms with Crippen molar-refractivity contribution in [2.75, 3.05) is 33.4 Å². The van der Waals surface area contributed by atoms with Crippen molar-refractivity contribution in [2.24, 2.45) is 0 Å². The molecule has 0 atom stereocenters. The standard InChI is InChI=1S/C27H39FN4O3/c1-3-29-27(34)31(17-8-18-35-2)21-26(33)32(24-9-5-4-6-10-24)20-25-11-7-16-30(25)19-22-12-14-23(28)15-13-22/h7,11-16,24H,3-6,8-10,17-21H2,1-2H3,(H,29,34). The first-order valence-corrected chi connectivity index (χ1v) is 12.7. The molecular weight excluding hydrogens is 447 g/mol. The molecule has 35 heavy (non-hydrogen) atoms. The molecule has 1 aliphatic carbocycles. The Labute approximate surface area is 208 Å². The minimum absolute atomic E-state index is 0.0323. The third kappa shape index (κ3) is 8.09. The second-order valence-corrected chi connectivity index (χ2v) is 9.17. The lowest BCUT2D eigenvalue weighted by atomic mass is 9.94. The van der Waals surface area contributed by atoms with Crippen LogP contribution < -0.4 is 5.32 Å². The van der Waals surface area contributed by atoms with Crippen LogP contribution in [-0.4, -0.2) is 65.7 Å². The van der Waals surface area contributed by atoms with Gasteiger partial charge in [0.05, 0.1) is 6.54 Å². The first-order valence-electron chi connectivity index (χ1n) is 12.7. The molecule has 2 aromatic rings. The van der Waals surface area contributed by atoms with Crippen molar-refractivity contribution in [3.63, 3.8) is 0 Å². The van der Waals surface area contributed by atoms with Gasteiger partial charge in [0.25, 0.3) is 0 Å². The maximum Gasteiger partial charge on any atom is 0.317 e. The highest BCUT2D eigenvalue weighted by atomic mass is 19.1. The molecule has 1 aromatic heterocycles. The first-order chi connectivity index (χ1) is 17.0. The molecule has 8 heteroatoms. The van der Waals surface area contributed by atoms with E-state index >= 15 is 0 Å². The Hall–Kier alpha value is -2.87. The lowest BCUT2D eigenvalue weighted by molar-refractivity contribution is -0.135. The smallest absolute Gasteiger partial charge is 0.317 e. The predicted octanol–water partition coefficient (Wildman–Crippen LogP) is 4.40. The van der Waals surface area contributed by atoms with Crippen molar-refractivity contribution >= 4 is 11.9 Å². The van der Waals surface area contributed by atoms with E-state index in [9.17, 15) is 14.0 Å². The summed E-state index contributed by atoms with van der Waals surface area (Å²) >= 11 is 0. The van der Waals surface area contributed by atoms with Crippen molar-refractivity contribution < 1.29 is 18.7 Å². The van der Waals surface area contributed by atoms with Crippen LogP contribution >= 0.6 is 0 Å². The summed E-state index contributed by atoms with van der Waals surface area (Å²) in [4.78, 5) is 29.9. The monoisotopic (exact) mass is 486 g/mol. The zero-order valence-electron chi connectivity index (χ0n) is 21.0. The molecule has 1 fully saturated rings. The van der Waals surface area contributed by atoms with Gasteiger partial charge in [-0.15, -0.1) is 0 Å². The van der Waals surface area contributed by atoms with E-state index in [0.29, 0.717) is 39.2 Å². The van der Waals surface area contributed by atoms with Crippen LogP contribution in [0.5, 0.6) is 0 Å². The number of carbonyl (C=O) groups is 2. The van der Waals surface area contributed by atoms with Crippen LogP contribution in [0.15, 0.2) is 42.6 Å². The van der Waals surface area contributed by atoms with Gasteiger partial charge in [-0.2, -0.15) is 0 Å². The second kappa shape index (κ2) is 13.9. The van der Waals surface area contributed by atoms with Crippen molar-refractivity contribution in [1.82, 2.24) is 19.7 Å². The van der Waals surface area contributed by atoms with E-state index < -0.39 is 0 Å². The SMILES string of the molecule is CCNC(=O)N(CCCOC)CC(=O)N(Cc1cccn1Cc1ccc(F)cc1)C1CCCCC1. The van der Waals surface area contributed by atoms with Crippen LogP contribution in [0.4, 0.5) is 9.18 Å². The number of ether oxygens (including phenoxy) is 1. The number of carbonyl (C=O) groups excluding carboxylic acids is 2. The summed E-state index contributed by atoms with van der Waals surface area (Å²) < 4.78 is 20.6. The quantitative estimate of drug-likeness (QED) is 0.452. The molecule has 1 heterocycles. The molecule has 0 saturated heterocycles. The molecule has 192 valence electrons. The van der Waals surface area contributed by atoms with Crippen LogP contribution in [0.3, 0.4) is 0 Å². The fraction of sp³-hybridized carbons (Fsp3) is 0.556. The number of rotatable bonds is 12. The molecule has 7 nitrogen and oxygen atoms in total. The molecular formula is C27H39FN4O3. The Bertz CT molecular complexity index is 925. The number of urea groups is 1. The average molecular weight is 487 g/mol. The number of hydrogen-bond donors (Lipinski definition) is 1. The number of hydrogen-bond acceptors (Lipinski definition) is 3. The molecule has 0 bridgehead atoms. The lowest BCUT2D eigenvalue weighted by Crippen LogP contribution is -2.50. The fourth-order valence-electron chi connectivity index (χ4n) is 4.69. The average Bonchev–Trinajstić information content (AvgIpc) is 3.30. The first kappa shape index (κ1) is 26.7. The van der Waals surface area contributed by atoms with Crippen LogP contribution in [0, 0.1) is 5.82 Å². The van der Waals surface area contributed by atoms with Crippen LogP contribution in [0.25, 0.3) is 0 Å². The van der Waals surface area contributed by atoms with Gasteiger partial charge >= 0.3 is 6.03 Å². The minimum atomic E-state index is -0.252. The van der Waals surface area contributed by atoms with E-state index in [2.05, 4.69) is 9.88 Å². The van der Waals surface area contributed by atoms with Crippen molar-refractivity contribution in [3.05, 3.63) is 59.7 Å². The third-order valence-corrected chi connectivity index (χ3v) is 6.58. The summed E-state index contributed by atoms with van der Waals surface area (Å²) in [5.41, 5.74) is 2.03. The zero-order chi connectivity index (χ0) is 25.0. The van der Waals surface area contributed by atoms with Crippen molar-refractivity contribution in [3.8, 4) is 0 Å². The fourth-order valence-corrected chi connectivity index (χ4v) is 4.69. The topological polar surface area (TPSA) is 66.8 Å². The molecule has 3 rings (SSSR count). The molecule has 1 saturated carbocycles. The highest BCUT2D eigenvalue weighted by Gasteiger charge is 2.28. The van der Waals surface area contributed by atoms with Gasteiger partial charge in [0.2, 0.25) is 5.91 Å². The van der Waals surface area contributed by atoms with Crippen molar-refractivity contribution in [1.29, 1.82) is 0 Å². The van der Waals surface area contributed by atoms with Gasteiger partial charge in [-0.1, -0.05) is 31.4 Å². The van der Waals surface area contributed by atoms with E-state index in [1.54, 1.807) is 24.1 Å². The number of methoxy groups -OCH3 is 1. The minimum Gasteiger partial charge on any atom is -0.385 e. The molecule has 0 radical (unpaired) electrons. The summed E-state index contributed by atoms with van der Waals surface area (Å²) in [5, 5.41) is 2.83. The van der Waals surface area contributed by atoms with Gasteiger partial charge in [0.1, 0.15) is 12.4 Å². The highest BCUT2D eigenvalue weighted by Crippen LogP contribution is 2.25. The van der Waals surface area contributed by atoms with Gasteiger partial charge in [0, 0.05) is 51.3 Å². The Balaban J connectivity index is 1.76. The molecule has 3 amide bonds. The maximum atomic E-state index is 13.6. The van der Waals surface area contributed by atoms with Gasteiger partial charge in [0.15, 0.2) is 0 Å². The zero-order valence-corrected chi connectivity index (χ0v) is 21.0. The van der Waals surface area contributed by atoms with Crippen LogP contribution in [0.2, 0.25) is 0 Å². The van der Waals surface area contributed by atoms with E-state index in [-0.39, 0.29) is 30.3 Å². The van der Waals surface area contributed by atoms with Gasteiger partial charge in [-0.3, -0.25) is 4.79 Å². The Morgan fingerprint density at radius 2 is 1.89 bits per heavy atom. The molecule has 0 aliphatic heterocycles. The Morgan fingerprint density at radius 3 is 2.57 bits per heavy atom. The maximum absolute atomic E-state index is 13.6. The molecule has 1 N–H and O–H groups in total. The van der Waals surface area contributed by atoms with E-state index in [4.69, 9.17) is 4.74 Å². The number of nitrogens with zero attached hydrogens (tertiary/aromatic N) is 3. The number of nitrogens with one attached hydrogen (secondary N) is 1. The number of aromatic nitrogens is 1.